The number of carbonyl (C=O) groups excluding carboxylic acids is 1. The maximum atomic E-state index is 12.1. The number of hydrogen-bond acceptors (Lipinski definition) is 5. The predicted molar refractivity (Wildman–Crippen MR) is 131 cm³/mol. The maximum Gasteiger partial charge on any atom is 0.408 e. The number of amides is 1. The van der Waals surface area contributed by atoms with Gasteiger partial charge in [-0.05, 0) is 66.0 Å². The van der Waals surface area contributed by atoms with Crippen molar-refractivity contribution in [3.8, 4) is 5.75 Å². The number of carbonyl (C=O) groups is 1. The number of hydrogen-bond donors (Lipinski definition) is 3. The molecule has 0 bridgehead atoms. The lowest BCUT2D eigenvalue weighted by Gasteiger charge is -2.27. The van der Waals surface area contributed by atoms with E-state index in [4.69, 9.17) is 9.47 Å². The lowest BCUT2D eigenvalue weighted by molar-refractivity contribution is 0.0476. The van der Waals surface area contributed by atoms with Gasteiger partial charge >= 0.3 is 6.09 Å². The van der Waals surface area contributed by atoms with Crippen LogP contribution in [0.5, 0.6) is 5.75 Å². The van der Waals surface area contributed by atoms with E-state index >= 15 is 0 Å². The van der Waals surface area contributed by atoms with Crippen molar-refractivity contribution in [2.45, 2.75) is 59.1 Å². The Balaban J connectivity index is 1.87. The molecule has 180 valence electrons. The van der Waals surface area contributed by atoms with Crippen LogP contribution < -0.4 is 25.6 Å². The first-order chi connectivity index (χ1) is 15.0. The van der Waals surface area contributed by atoms with Crippen LogP contribution in [0.25, 0.3) is 0 Å². The maximum absolute atomic E-state index is 12.1. The minimum Gasteiger partial charge on any atom is -0.497 e. The molecule has 1 aliphatic rings. The van der Waals surface area contributed by atoms with Crippen molar-refractivity contribution in [1.82, 2.24) is 16.0 Å². The molecule has 1 aliphatic heterocycles. The van der Waals surface area contributed by atoms with E-state index < -0.39 is 17.2 Å². The minimum absolute atomic E-state index is 0.431. The largest absolute Gasteiger partial charge is 0.497 e. The van der Waals surface area contributed by atoms with Crippen molar-refractivity contribution in [3.05, 3.63) is 24.3 Å². The number of nitrogens with one attached hydrogen (secondary N) is 3. The van der Waals surface area contributed by atoms with Gasteiger partial charge in [-0.1, -0.05) is 6.07 Å². The highest BCUT2D eigenvalue weighted by molar-refractivity contribution is 5.80. The molecular weight excluding hydrogens is 406 g/mol. The molecule has 0 saturated carbocycles. The summed E-state index contributed by atoms with van der Waals surface area (Å²) in [7, 11) is 1.70. The van der Waals surface area contributed by atoms with Crippen LogP contribution in [-0.4, -0.2) is 63.0 Å². The van der Waals surface area contributed by atoms with Crippen molar-refractivity contribution in [1.29, 1.82) is 0 Å². The van der Waals surface area contributed by atoms with Crippen LogP contribution in [0.1, 0.15) is 48.0 Å². The Hall–Kier alpha value is -2.64. The second-order valence-electron chi connectivity index (χ2n) is 9.89. The van der Waals surface area contributed by atoms with E-state index in [2.05, 4.69) is 38.0 Å². The summed E-state index contributed by atoms with van der Waals surface area (Å²) >= 11 is 0. The molecule has 1 unspecified atom stereocenters. The molecule has 0 spiro atoms. The zero-order valence-corrected chi connectivity index (χ0v) is 20.7. The summed E-state index contributed by atoms with van der Waals surface area (Å²) in [6, 6.07) is 8.21. The normalized spacial score (nSPS) is 17.2. The van der Waals surface area contributed by atoms with Gasteiger partial charge in [-0.25, -0.2) is 4.79 Å². The number of ether oxygens (including phenoxy) is 2. The Morgan fingerprint density at radius 2 is 1.97 bits per heavy atom. The van der Waals surface area contributed by atoms with E-state index in [-0.39, 0.29) is 0 Å². The SMILES string of the molecule is CCNC(=NCC(C)(C)NC(=O)OC(C)(C)C)NCC1CCN(c2cccc(OC)c2)C1. The molecule has 1 heterocycles. The molecule has 0 aromatic heterocycles. The fourth-order valence-corrected chi connectivity index (χ4v) is 3.52. The van der Waals surface area contributed by atoms with Crippen molar-refractivity contribution < 1.29 is 14.3 Å². The highest BCUT2D eigenvalue weighted by Crippen LogP contribution is 2.26. The highest BCUT2D eigenvalue weighted by atomic mass is 16.6. The molecule has 32 heavy (non-hydrogen) atoms. The number of aliphatic imine (C=N–C) groups is 1. The number of alkyl carbamates (subject to hydrolysis) is 1. The van der Waals surface area contributed by atoms with Crippen molar-refractivity contribution in [2.75, 3.05) is 44.7 Å². The third kappa shape index (κ3) is 8.85. The minimum atomic E-state index is -0.528. The van der Waals surface area contributed by atoms with Gasteiger partial charge in [0.05, 0.1) is 19.2 Å². The van der Waals surface area contributed by atoms with Crippen LogP contribution >= 0.6 is 0 Å². The van der Waals surface area contributed by atoms with E-state index in [0.29, 0.717) is 12.5 Å². The zero-order valence-electron chi connectivity index (χ0n) is 20.7. The average Bonchev–Trinajstić information content (AvgIpc) is 3.17. The summed E-state index contributed by atoms with van der Waals surface area (Å²) in [4.78, 5) is 19.2. The standard InChI is InChI=1S/C24H41N5O3/c1-8-25-21(27-17-24(5,6)28-22(30)32-23(2,3)4)26-15-18-12-13-29(16-18)19-10-9-11-20(14-19)31-7/h9-11,14,18H,8,12-13,15-17H2,1-7H3,(H,28,30)(H2,25,26,27). The van der Waals surface area contributed by atoms with Gasteiger partial charge in [0.2, 0.25) is 0 Å². The molecule has 1 aromatic rings. The monoisotopic (exact) mass is 447 g/mol. The Morgan fingerprint density at radius 1 is 1.22 bits per heavy atom. The molecule has 1 amide bonds. The fraction of sp³-hybridized carbons (Fsp3) is 0.667. The summed E-state index contributed by atoms with van der Waals surface area (Å²) < 4.78 is 10.7. The molecular formula is C24H41N5O3. The van der Waals surface area contributed by atoms with Crippen LogP contribution in [0.4, 0.5) is 10.5 Å². The van der Waals surface area contributed by atoms with Crippen molar-refractivity contribution in [3.63, 3.8) is 0 Å². The third-order valence-electron chi connectivity index (χ3n) is 5.08. The number of anilines is 1. The second-order valence-corrected chi connectivity index (χ2v) is 9.89. The number of guanidine groups is 1. The van der Waals surface area contributed by atoms with Gasteiger partial charge in [-0.15, -0.1) is 0 Å². The summed E-state index contributed by atoms with van der Waals surface area (Å²) in [5.74, 6) is 2.16. The summed E-state index contributed by atoms with van der Waals surface area (Å²) in [5, 5.41) is 9.66. The van der Waals surface area contributed by atoms with Gasteiger partial charge in [0.1, 0.15) is 11.4 Å². The van der Waals surface area contributed by atoms with Gasteiger partial charge in [0, 0.05) is 37.9 Å². The van der Waals surface area contributed by atoms with E-state index in [1.54, 1.807) is 7.11 Å². The second kappa shape index (κ2) is 11.3. The Labute approximate surface area is 193 Å². The van der Waals surface area contributed by atoms with Crippen molar-refractivity contribution >= 4 is 17.7 Å². The van der Waals surface area contributed by atoms with Crippen LogP contribution in [0.2, 0.25) is 0 Å². The summed E-state index contributed by atoms with van der Waals surface area (Å²) in [5.41, 5.74) is 0.142. The van der Waals surface area contributed by atoms with Gasteiger partial charge in [-0.3, -0.25) is 4.99 Å². The van der Waals surface area contributed by atoms with Crippen LogP contribution in [0, 0.1) is 5.92 Å². The van der Waals surface area contributed by atoms with Crippen LogP contribution in [0.3, 0.4) is 0 Å². The summed E-state index contributed by atoms with van der Waals surface area (Å²) in [6.07, 6.45) is 0.689. The van der Waals surface area contributed by atoms with Crippen molar-refractivity contribution in [2.24, 2.45) is 10.9 Å². The molecule has 0 aliphatic carbocycles. The topological polar surface area (TPSA) is 87.2 Å². The van der Waals surface area contributed by atoms with Gasteiger partial charge in [0.25, 0.3) is 0 Å². The smallest absolute Gasteiger partial charge is 0.408 e. The Morgan fingerprint density at radius 3 is 2.62 bits per heavy atom. The summed E-state index contributed by atoms with van der Waals surface area (Å²) in [6.45, 7) is 15.5. The molecule has 2 rings (SSSR count). The number of benzene rings is 1. The molecule has 1 fully saturated rings. The number of rotatable bonds is 8. The first-order valence-corrected chi connectivity index (χ1v) is 11.4. The number of methoxy groups -OCH3 is 1. The van der Waals surface area contributed by atoms with E-state index in [9.17, 15) is 4.79 Å². The van der Waals surface area contributed by atoms with E-state index in [0.717, 1.165) is 44.3 Å². The molecule has 1 atom stereocenters. The first kappa shape index (κ1) is 25.6. The fourth-order valence-electron chi connectivity index (χ4n) is 3.52. The molecule has 0 radical (unpaired) electrons. The Bertz CT molecular complexity index is 773. The zero-order chi connectivity index (χ0) is 23.8. The lowest BCUT2D eigenvalue weighted by atomic mass is 10.1. The van der Waals surface area contributed by atoms with E-state index in [1.165, 1.54) is 5.69 Å². The third-order valence-corrected chi connectivity index (χ3v) is 5.08. The van der Waals surface area contributed by atoms with Crippen LogP contribution in [-0.2, 0) is 4.74 Å². The number of nitrogens with zero attached hydrogens (tertiary/aromatic N) is 2. The van der Waals surface area contributed by atoms with Gasteiger partial charge < -0.3 is 30.3 Å². The molecule has 3 N–H and O–H groups in total. The molecule has 1 aromatic carbocycles. The van der Waals surface area contributed by atoms with Crippen LogP contribution in [0.15, 0.2) is 29.3 Å². The lowest BCUT2D eigenvalue weighted by Crippen LogP contribution is -2.49. The average molecular weight is 448 g/mol. The van der Waals surface area contributed by atoms with E-state index in [1.807, 2.05) is 53.7 Å². The molecule has 1 saturated heterocycles. The quantitative estimate of drug-likeness (QED) is 0.418. The highest BCUT2D eigenvalue weighted by Gasteiger charge is 2.25. The van der Waals surface area contributed by atoms with Gasteiger partial charge in [-0.2, -0.15) is 0 Å². The molecule has 8 heteroatoms. The Kier molecular flexibility index (Phi) is 9.04. The van der Waals surface area contributed by atoms with Gasteiger partial charge in [0.15, 0.2) is 5.96 Å². The molecule has 8 nitrogen and oxygen atoms in total. The predicted octanol–water partition coefficient (Wildman–Crippen LogP) is 3.38. The first-order valence-electron chi connectivity index (χ1n) is 11.4.